The lowest BCUT2D eigenvalue weighted by molar-refractivity contribution is -0.568. The molecule has 0 bridgehead atoms. The molecule has 6 rings (SSSR count). The van der Waals surface area contributed by atoms with E-state index >= 15 is 8.63 Å². The molecule has 0 saturated heterocycles. The smallest absolute Gasteiger partial charge is 0.479 e. The van der Waals surface area contributed by atoms with Crippen LogP contribution < -0.4 is 10.1 Å². The van der Waals surface area contributed by atoms with Crippen LogP contribution in [0.1, 0.15) is 21.8 Å². The van der Waals surface area contributed by atoms with Crippen molar-refractivity contribution >= 4 is 60.0 Å². The number of aromatic nitrogens is 1. The highest BCUT2D eigenvalue weighted by molar-refractivity contribution is 7.12. The molecule has 1 aromatic carbocycles. The second kappa shape index (κ2) is 10.7. The van der Waals surface area contributed by atoms with E-state index in [4.69, 9.17) is 4.74 Å². The molecule has 0 atom stereocenters. The summed E-state index contributed by atoms with van der Waals surface area (Å²) in [4.78, 5) is 37.1. The summed E-state index contributed by atoms with van der Waals surface area (Å²) < 4.78 is 39.6. The number of allylic oxidation sites excluding steroid dienone is 2. The number of amides is 3. The molecular weight excluding hydrogens is 549 g/mol. The molecule has 3 aromatic rings. The molecule has 0 fully saturated rings. The number of quaternary nitrogens is 1. The fourth-order valence-corrected chi connectivity index (χ4v) is 5.74. The van der Waals surface area contributed by atoms with Gasteiger partial charge in [-0.1, -0.05) is 24.3 Å². The van der Waals surface area contributed by atoms with E-state index < -0.39 is 6.97 Å². The van der Waals surface area contributed by atoms with Gasteiger partial charge in [0, 0.05) is 41.8 Å². The van der Waals surface area contributed by atoms with Gasteiger partial charge < -0.3 is 22.3 Å². The summed E-state index contributed by atoms with van der Waals surface area (Å²) in [5.41, 5.74) is 2.56. The Kier molecular flexibility index (Phi) is 6.94. The number of fused-ring (bicyclic) bond motifs is 2. The van der Waals surface area contributed by atoms with E-state index in [0.29, 0.717) is 28.5 Å². The number of ether oxygens (including phenoxy) is 1. The van der Waals surface area contributed by atoms with Gasteiger partial charge in [0.25, 0.3) is 11.8 Å². The Morgan fingerprint density at radius 1 is 1.00 bits per heavy atom. The van der Waals surface area contributed by atoms with E-state index in [1.807, 2.05) is 17.5 Å². The number of benzene rings is 1. The van der Waals surface area contributed by atoms with E-state index in [0.717, 1.165) is 24.3 Å². The molecule has 0 spiro atoms. The van der Waals surface area contributed by atoms with Crippen LogP contribution in [0.4, 0.5) is 8.63 Å². The fraction of sp³-hybridized carbons (Fsp3) is 0.103. The van der Waals surface area contributed by atoms with Crippen molar-refractivity contribution in [1.82, 2.24) is 9.38 Å². The van der Waals surface area contributed by atoms with Gasteiger partial charge in [0.05, 0.1) is 11.4 Å². The van der Waals surface area contributed by atoms with Crippen LogP contribution in [0.5, 0.6) is 5.75 Å². The number of rotatable bonds is 9. The van der Waals surface area contributed by atoms with Gasteiger partial charge >= 0.3 is 12.9 Å². The molecule has 2 aromatic heterocycles. The highest BCUT2D eigenvalue weighted by Crippen LogP contribution is 2.34. The number of hydrogen-bond donors (Lipinski definition) is 1. The molecule has 12 heteroatoms. The Hall–Kier alpha value is -4.68. The van der Waals surface area contributed by atoms with Crippen LogP contribution in [0, 0.1) is 0 Å². The van der Waals surface area contributed by atoms with Gasteiger partial charge in [-0.25, -0.2) is 4.79 Å². The lowest BCUT2D eigenvalue weighted by Crippen LogP contribution is -2.90. The summed E-state index contributed by atoms with van der Waals surface area (Å²) in [7, 11) is 0. The van der Waals surface area contributed by atoms with E-state index in [1.54, 1.807) is 66.8 Å². The first-order chi connectivity index (χ1) is 19.8. The first-order valence-corrected chi connectivity index (χ1v) is 13.8. The van der Waals surface area contributed by atoms with Crippen LogP contribution in [0.3, 0.4) is 0 Å². The van der Waals surface area contributed by atoms with Crippen molar-refractivity contribution in [3.05, 3.63) is 106 Å². The predicted octanol–water partition coefficient (Wildman–Crippen LogP) is 2.76. The minimum absolute atomic E-state index is 0.135. The Morgan fingerprint density at radius 2 is 1.78 bits per heavy atom. The molecule has 3 aliphatic rings. The van der Waals surface area contributed by atoms with Gasteiger partial charge in [-0.15, -0.1) is 11.3 Å². The zero-order valence-electron chi connectivity index (χ0n) is 21.7. The number of nitrogens with zero attached hydrogens (tertiary/aromatic N) is 3. The average molecular weight is 573 g/mol. The molecule has 3 amide bonds. The lowest BCUT2D eigenvalue weighted by Gasteiger charge is -2.30. The molecule has 0 radical (unpaired) electrons. The molecule has 0 aliphatic carbocycles. The molecule has 0 unspecified atom stereocenters. The maximum Gasteiger partial charge on any atom is 0.737 e. The van der Waals surface area contributed by atoms with Crippen LogP contribution in [0.15, 0.2) is 83.9 Å². The lowest BCUT2D eigenvalue weighted by atomic mass is 9.90. The van der Waals surface area contributed by atoms with Crippen molar-refractivity contribution in [2.24, 2.45) is 0 Å². The van der Waals surface area contributed by atoms with Crippen molar-refractivity contribution in [3.63, 3.8) is 0 Å². The van der Waals surface area contributed by atoms with Crippen LogP contribution in [-0.4, -0.2) is 64.0 Å². The van der Waals surface area contributed by atoms with Gasteiger partial charge in [-0.3, -0.25) is 19.8 Å². The third-order valence-electron chi connectivity index (χ3n) is 6.95. The number of carbonyl (C=O) groups excluding carboxylic acids is 3. The number of halogens is 2. The second-order valence-electron chi connectivity index (χ2n) is 9.59. The topological polar surface area (TPSA) is 88.2 Å². The van der Waals surface area contributed by atoms with Crippen LogP contribution >= 0.6 is 11.3 Å². The Bertz CT molecular complexity index is 1680. The van der Waals surface area contributed by atoms with Gasteiger partial charge in [-0.05, 0) is 47.4 Å². The largest absolute Gasteiger partial charge is 0.737 e. The van der Waals surface area contributed by atoms with Crippen molar-refractivity contribution in [2.45, 2.75) is 0 Å². The number of imide groups is 1. The molecule has 41 heavy (non-hydrogen) atoms. The third-order valence-corrected chi connectivity index (χ3v) is 7.85. The van der Waals surface area contributed by atoms with Crippen LogP contribution in [0.25, 0.3) is 18.2 Å². The number of primary amides is 1. The Balaban J connectivity index is 1.08. The minimum Gasteiger partial charge on any atom is -0.479 e. The maximum absolute atomic E-state index is 15.9. The number of carbonyl (C=O) groups is 3. The Labute approximate surface area is 237 Å². The normalized spacial score (nSPS) is 17.0. The standard InChI is InChI=1S/C29H23BF2N4O4S/c31-30(32)35-21(7-8-22(35)18-23-9-12-25(36(23)30)26-2-1-17-41-26)6-3-20-4-10-24(11-5-20)40-19-27(37)33-15-16-34-28(38)13-14-29(34)39/h1-14,17-18H,15-16,19H2,(H,33,37)/p+1/b6-3+. The van der Waals surface area contributed by atoms with Gasteiger partial charge in [-0.2, -0.15) is 0 Å². The summed E-state index contributed by atoms with van der Waals surface area (Å²) >= 11 is 1.43. The second-order valence-corrected chi connectivity index (χ2v) is 10.5. The number of thiophene rings is 1. The van der Waals surface area contributed by atoms with Crippen LogP contribution in [0.2, 0.25) is 0 Å². The zero-order valence-corrected chi connectivity index (χ0v) is 22.5. The van der Waals surface area contributed by atoms with Gasteiger partial charge in [0.1, 0.15) is 12.3 Å². The summed E-state index contributed by atoms with van der Waals surface area (Å²) in [6.45, 7) is -3.92. The van der Waals surface area contributed by atoms with E-state index in [1.165, 1.54) is 28.8 Å². The van der Waals surface area contributed by atoms with E-state index in [-0.39, 0.29) is 37.4 Å². The highest BCUT2D eigenvalue weighted by Gasteiger charge is 2.52. The highest BCUT2D eigenvalue weighted by atomic mass is 32.1. The summed E-state index contributed by atoms with van der Waals surface area (Å²) in [6, 6.07) is 14.0. The zero-order chi connectivity index (χ0) is 28.6. The minimum atomic E-state index is -4.11. The number of nitrogens with two attached hydrogens (primary N) is 1. The van der Waals surface area contributed by atoms with Crippen molar-refractivity contribution in [1.29, 1.82) is 0 Å². The first kappa shape index (κ1) is 26.5. The van der Waals surface area contributed by atoms with Gasteiger partial charge in [0.2, 0.25) is 6.61 Å². The van der Waals surface area contributed by atoms with Crippen LogP contribution in [-0.2, 0) is 14.4 Å². The SMILES string of the molecule is O=C(COc1ccc(/C=C/c2ccc3n2[B-](F)(F)[N+]2=C(c4cccs4)C=CC2=C3)cc1)[NH2+]CCN1C(=O)C=CC1=O. The monoisotopic (exact) mass is 573 g/mol. The molecule has 2 N–H and O–H groups in total. The summed E-state index contributed by atoms with van der Waals surface area (Å²) in [5, 5.41) is 3.26. The van der Waals surface area contributed by atoms with E-state index in [2.05, 4.69) is 0 Å². The molecule has 3 aliphatic heterocycles. The van der Waals surface area contributed by atoms with Gasteiger partial charge in [0.15, 0.2) is 11.4 Å². The summed E-state index contributed by atoms with van der Waals surface area (Å²) in [5.74, 6) is -0.565. The van der Waals surface area contributed by atoms with Crippen molar-refractivity contribution < 1.29 is 37.6 Å². The quantitative estimate of drug-likeness (QED) is 0.315. The van der Waals surface area contributed by atoms with Crippen molar-refractivity contribution in [3.8, 4) is 5.75 Å². The fourth-order valence-electron chi connectivity index (χ4n) is 4.99. The third kappa shape index (κ3) is 5.14. The summed E-state index contributed by atoms with van der Waals surface area (Å²) in [6.07, 6.45) is 11.0. The first-order valence-electron chi connectivity index (χ1n) is 13.0. The van der Waals surface area contributed by atoms with Crippen molar-refractivity contribution in [2.75, 3.05) is 19.7 Å². The maximum atomic E-state index is 15.9. The molecule has 8 nitrogen and oxygen atoms in total. The molecule has 206 valence electrons. The predicted molar refractivity (Wildman–Crippen MR) is 152 cm³/mol. The Morgan fingerprint density at radius 3 is 2.51 bits per heavy atom. The van der Waals surface area contributed by atoms with E-state index in [9.17, 15) is 14.4 Å². The molecule has 5 heterocycles. The average Bonchev–Trinajstić information content (AvgIpc) is 3.76. The molecule has 0 saturated carbocycles. The number of hydrogen-bond acceptors (Lipinski definition) is 5. The molecular formula is C29H24BF2N4O4S+.